The molecule has 13 rings (SSSR count). The molecular weight excluding hydrogens is 1170 g/mol. The van der Waals surface area contributed by atoms with Crippen LogP contribution in [-0.4, -0.2) is 6.71 Å². The van der Waals surface area contributed by atoms with Crippen LogP contribution in [-0.2, 0) is 43.3 Å². The predicted octanol–water partition coefficient (Wildman–Crippen LogP) is 23.6. The third-order valence-electron chi connectivity index (χ3n) is 22.6. The Morgan fingerprint density at radius 2 is 0.732 bits per heavy atom. The van der Waals surface area contributed by atoms with E-state index in [9.17, 15) is 0 Å². The molecule has 0 spiro atoms. The van der Waals surface area contributed by atoms with E-state index < -0.39 is 0 Å². The topological polar surface area (TPSA) is 3.24 Å². The number of aryl methyl sites for hydroxylation is 1. The molecule has 1 nitrogen and oxygen atoms in total. The van der Waals surface area contributed by atoms with Gasteiger partial charge in [-0.2, -0.15) is 0 Å². The van der Waals surface area contributed by atoms with Gasteiger partial charge in [0, 0.05) is 34.8 Å². The van der Waals surface area contributed by atoms with Crippen LogP contribution in [0, 0.1) is 6.92 Å². The van der Waals surface area contributed by atoms with Gasteiger partial charge in [-0.25, -0.2) is 0 Å². The summed E-state index contributed by atoms with van der Waals surface area (Å²) in [5.74, 6) is -0.310. The summed E-state index contributed by atoms with van der Waals surface area (Å²) >= 11 is 0. The van der Waals surface area contributed by atoms with E-state index in [-0.39, 0.29) is 67.8 Å². The van der Waals surface area contributed by atoms with Crippen LogP contribution in [0.15, 0.2) is 206 Å². The molecule has 0 bridgehead atoms. The molecule has 0 saturated carbocycles. The SMILES string of the molecule is Cc1cc(C(C)(C)C)ccc1C1c2cc(N(c3ccc(C(C)(C)C)cc3)c3ccc(C(C)(C)C)cc3)ccc2B2c3cc4c(cc3C(c3ccc(C(C)(C)C)cc3-c3ccccc3)c3cc(C(c5ccc(C(C)(C)C)cc5)c5ccc(C(C)(C)C)cc5)cc1c32)C(C)(C)CC4(C)C. The predicted molar refractivity (Wildman–Crippen MR) is 420 cm³/mol. The largest absolute Gasteiger partial charge is 0.310 e. The lowest BCUT2D eigenvalue weighted by Crippen LogP contribution is -2.63. The number of rotatable bonds is 9. The second-order valence-electron chi connectivity index (χ2n) is 37.0. The minimum absolute atomic E-state index is 0.00183. The maximum Gasteiger partial charge on any atom is 0.242 e. The molecule has 0 saturated heterocycles. The zero-order chi connectivity index (χ0) is 69.6. The minimum Gasteiger partial charge on any atom is -0.310 e. The summed E-state index contributed by atoms with van der Waals surface area (Å²) in [4.78, 5) is 2.54. The summed E-state index contributed by atoms with van der Waals surface area (Å²) in [6.45, 7) is 54.5. The Kier molecular flexibility index (Phi) is 16.5. The summed E-state index contributed by atoms with van der Waals surface area (Å²) in [5.41, 5.74) is 34.8. The fourth-order valence-corrected chi connectivity index (χ4v) is 17.2. The van der Waals surface area contributed by atoms with E-state index in [1.807, 2.05) is 0 Å². The van der Waals surface area contributed by atoms with E-state index in [2.05, 4.69) is 370 Å². The van der Waals surface area contributed by atoms with Crippen LogP contribution < -0.4 is 21.3 Å². The van der Waals surface area contributed by atoms with Crippen molar-refractivity contribution in [1.82, 2.24) is 0 Å². The van der Waals surface area contributed by atoms with E-state index in [1.54, 1.807) is 0 Å². The van der Waals surface area contributed by atoms with E-state index in [0.717, 1.165) is 23.5 Å². The number of hydrogen-bond donors (Lipinski definition) is 0. The van der Waals surface area contributed by atoms with Crippen LogP contribution in [0.25, 0.3) is 11.1 Å². The molecule has 2 heterocycles. The molecule has 2 unspecified atom stereocenters. The van der Waals surface area contributed by atoms with Crippen LogP contribution in [0.3, 0.4) is 0 Å². The standard InChI is InChI=1S/C95H108BN/c1-59-51-68(92(14,15)16)41-48-73(59)85-76-55-72(97(70-43-37-66(38-44-70)90(8,9)10)71-45-39-67(40-46-71)91(11,12)13)47-50-82(76)96-83-57-81-80(94(20,21)58-95(81,22)23)56-77(83)86(74-49-42-69(93(17,18)19)54-75(74)60-27-25-24-26-28-60)79-53-63(52-78(85)87(79)96)84(61-29-33-64(34-30-61)88(2,3)4)62-31-35-65(36-32-62)89(5,6)7/h24-57,84-86H,58H2,1-23H3. The molecule has 1 aliphatic carbocycles. The Bertz CT molecular complexity index is 4510. The lowest BCUT2D eigenvalue weighted by Gasteiger charge is -2.44. The average molecular weight is 1270 g/mol. The lowest BCUT2D eigenvalue weighted by atomic mass is 9.28. The Morgan fingerprint density at radius 3 is 1.19 bits per heavy atom. The Labute approximate surface area is 585 Å². The highest BCUT2D eigenvalue weighted by Gasteiger charge is 2.50. The summed E-state index contributed by atoms with van der Waals surface area (Å²) in [6.07, 6.45) is 1.09. The minimum atomic E-state index is -0.127. The van der Waals surface area contributed by atoms with Gasteiger partial charge in [0.25, 0.3) is 0 Å². The maximum absolute atomic E-state index is 2.75. The highest BCUT2D eigenvalue weighted by atomic mass is 15.1. The van der Waals surface area contributed by atoms with Crippen molar-refractivity contribution in [3.63, 3.8) is 0 Å². The van der Waals surface area contributed by atoms with Crippen molar-refractivity contribution >= 4 is 40.2 Å². The van der Waals surface area contributed by atoms with Gasteiger partial charge >= 0.3 is 0 Å². The molecule has 0 N–H and O–H groups in total. The molecule has 0 radical (unpaired) electrons. The average Bonchev–Trinajstić information content (AvgIpc) is 1.58. The number of hydrogen-bond acceptors (Lipinski definition) is 1. The number of nitrogens with zero attached hydrogens (tertiary/aromatic N) is 1. The van der Waals surface area contributed by atoms with Crippen LogP contribution in [0.2, 0.25) is 0 Å². The molecule has 496 valence electrons. The second-order valence-corrected chi connectivity index (χ2v) is 37.0. The fourth-order valence-electron chi connectivity index (χ4n) is 17.2. The first-order valence-corrected chi connectivity index (χ1v) is 36.3. The van der Waals surface area contributed by atoms with E-state index in [0.29, 0.717) is 0 Å². The van der Waals surface area contributed by atoms with Gasteiger partial charge in [0.15, 0.2) is 0 Å². The molecule has 0 aromatic heterocycles. The third kappa shape index (κ3) is 12.4. The van der Waals surface area contributed by atoms with Gasteiger partial charge in [0.1, 0.15) is 0 Å². The van der Waals surface area contributed by atoms with E-state index >= 15 is 0 Å². The smallest absolute Gasteiger partial charge is 0.242 e. The first-order chi connectivity index (χ1) is 45.3. The van der Waals surface area contributed by atoms with Gasteiger partial charge in [-0.1, -0.05) is 339 Å². The van der Waals surface area contributed by atoms with Gasteiger partial charge in [-0.15, -0.1) is 0 Å². The normalized spacial score (nSPS) is 16.6. The van der Waals surface area contributed by atoms with Crippen molar-refractivity contribution in [2.45, 2.75) is 227 Å². The molecule has 97 heavy (non-hydrogen) atoms. The van der Waals surface area contributed by atoms with E-state index in [1.165, 1.54) is 128 Å². The third-order valence-corrected chi connectivity index (χ3v) is 22.6. The first kappa shape index (κ1) is 67.6. The van der Waals surface area contributed by atoms with Crippen molar-refractivity contribution in [2.75, 3.05) is 4.90 Å². The van der Waals surface area contributed by atoms with Gasteiger partial charge in [0.05, 0.1) is 0 Å². The van der Waals surface area contributed by atoms with E-state index in [4.69, 9.17) is 0 Å². The highest BCUT2D eigenvalue weighted by Crippen LogP contribution is 2.54. The zero-order valence-corrected chi connectivity index (χ0v) is 63.1. The van der Waals surface area contributed by atoms with Crippen LogP contribution in [0.5, 0.6) is 0 Å². The fraction of sp³-hybridized carbons (Fsp3) is 0.368. The quantitative estimate of drug-likeness (QED) is 0.103. The molecule has 2 heteroatoms. The van der Waals surface area contributed by atoms with Crippen molar-refractivity contribution in [1.29, 1.82) is 0 Å². The molecule has 10 aromatic rings. The van der Waals surface area contributed by atoms with Crippen molar-refractivity contribution in [3.8, 4) is 11.1 Å². The maximum atomic E-state index is 2.75. The molecule has 2 atom stereocenters. The summed E-state index contributed by atoms with van der Waals surface area (Å²) in [7, 11) is 0. The monoisotopic (exact) mass is 1270 g/mol. The van der Waals surface area contributed by atoms with Crippen molar-refractivity contribution < 1.29 is 0 Å². The molecular formula is C95H108BN. The van der Waals surface area contributed by atoms with Gasteiger partial charge in [-0.05, 0) is 204 Å². The summed E-state index contributed by atoms with van der Waals surface area (Å²) in [5, 5.41) is 0. The Hall–Kier alpha value is -7.94. The second kappa shape index (κ2) is 23.6. The number of benzene rings is 10. The van der Waals surface area contributed by atoms with Gasteiger partial charge in [-0.3, -0.25) is 0 Å². The zero-order valence-electron chi connectivity index (χ0n) is 63.1. The Balaban J connectivity index is 1.20. The number of anilines is 3. The van der Waals surface area contributed by atoms with Crippen LogP contribution in [0.1, 0.15) is 277 Å². The van der Waals surface area contributed by atoms with Crippen LogP contribution >= 0.6 is 0 Å². The molecule has 0 amide bonds. The lowest BCUT2D eigenvalue weighted by molar-refractivity contribution is 0.403. The number of fused-ring (bicyclic) bond motifs is 5. The summed E-state index contributed by atoms with van der Waals surface area (Å²) in [6, 6.07) is 83.5. The van der Waals surface area contributed by atoms with Crippen molar-refractivity contribution in [3.05, 3.63) is 306 Å². The molecule has 10 aromatic carbocycles. The Morgan fingerprint density at radius 1 is 0.340 bits per heavy atom. The van der Waals surface area contributed by atoms with Crippen molar-refractivity contribution in [2.24, 2.45) is 0 Å². The van der Waals surface area contributed by atoms with Gasteiger partial charge in [0.2, 0.25) is 6.71 Å². The first-order valence-electron chi connectivity index (χ1n) is 36.3. The van der Waals surface area contributed by atoms with Crippen LogP contribution in [0.4, 0.5) is 17.1 Å². The molecule has 3 aliphatic rings. The highest BCUT2D eigenvalue weighted by molar-refractivity contribution is 6.97. The summed E-state index contributed by atoms with van der Waals surface area (Å²) < 4.78 is 0. The van der Waals surface area contributed by atoms with Gasteiger partial charge < -0.3 is 4.90 Å². The molecule has 0 fully saturated rings. The molecule has 2 aliphatic heterocycles.